The summed E-state index contributed by atoms with van der Waals surface area (Å²) in [7, 11) is 0. The standard InChI is InChI=1S/C10H13NO/c1-4-8-6-9(5-2)10(12)11-7(8)3/h4,6H,1,5H2,2-3H3,(H,11,12). The predicted octanol–water partition coefficient (Wildman–Crippen LogP) is 1.89. The lowest BCUT2D eigenvalue weighted by Gasteiger charge is -2.01. The minimum Gasteiger partial charge on any atom is -0.326 e. The van der Waals surface area contributed by atoms with Crippen molar-refractivity contribution in [1.29, 1.82) is 0 Å². The molecular formula is C10H13NO. The van der Waals surface area contributed by atoms with Gasteiger partial charge in [0.05, 0.1) is 0 Å². The first kappa shape index (κ1) is 8.78. The number of aromatic amines is 1. The highest BCUT2D eigenvalue weighted by Gasteiger charge is 2.00. The molecule has 1 N–H and O–H groups in total. The van der Waals surface area contributed by atoms with Gasteiger partial charge < -0.3 is 4.98 Å². The van der Waals surface area contributed by atoms with E-state index in [1.165, 1.54) is 0 Å². The van der Waals surface area contributed by atoms with Crippen LogP contribution in [0.15, 0.2) is 17.4 Å². The molecule has 1 rings (SSSR count). The number of hydrogen-bond acceptors (Lipinski definition) is 1. The summed E-state index contributed by atoms with van der Waals surface area (Å²) in [5.74, 6) is 0. The van der Waals surface area contributed by atoms with Gasteiger partial charge in [0.25, 0.3) is 5.56 Å². The van der Waals surface area contributed by atoms with Gasteiger partial charge in [-0.15, -0.1) is 0 Å². The SMILES string of the molecule is C=Cc1cc(CC)c(=O)[nH]c1C. The zero-order valence-electron chi connectivity index (χ0n) is 7.48. The molecule has 1 heterocycles. The maximum atomic E-state index is 11.2. The van der Waals surface area contributed by atoms with Crippen LogP contribution in [0.2, 0.25) is 0 Å². The van der Waals surface area contributed by atoms with Crippen molar-refractivity contribution < 1.29 is 0 Å². The number of H-pyrrole nitrogens is 1. The minimum atomic E-state index is 0.0144. The quantitative estimate of drug-likeness (QED) is 0.709. The molecule has 12 heavy (non-hydrogen) atoms. The van der Waals surface area contributed by atoms with Gasteiger partial charge >= 0.3 is 0 Å². The Kier molecular flexibility index (Phi) is 2.48. The van der Waals surface area contributed by atoms with Crippen molar-refractivity contribution in [2.24, 2.45) is 0 Å². The van der Waals surface area contributed by atoms with Crippen molar-refractivity contribution in [2.45, 2.75) is 20.3 Å². The molecule has 1 aromatic heterocycles. The van der Waals surface area contributed by atoms with Crippen LogP contribution in [-0.4, -0.2) is 4.98 Å². The lowest BCUT2D eigenvalue weighted by atomic mass is 10.1. The predicted molar refractivity (Wildman–Crippen MR) is 51.3 cm³/mol. The van der Waals surface area contributed by atoms with Crippen LogP contribution in [0.5, 0.6) is 0 Å². The van der Waals surface area contributed by atoms with E-state index in [-0.39, 0.29) is 5.56 Å². The fourth-order valence-electron chi connectivity index (χ4n) is 1.16. The van der Waals surface area contributed by atoms with E-state index >= 15 is 0 Å². The first-order valence-corrected chi connectivity index (χ1v) is 4.04. The van der Waals surface area contributed by atoms with Crippen LogP contribution in [0.1, 0.15) is 23.7 Å². The van der Waals surface area contributed by atoms with Crippen molar-refractivity contribution in [1.82, 2.24) is 4.98 Å². The maximum Gasteiger partial charge on any atom is 0.251 e. The van der Waals surface area contributed by atoms with Gasteiger partial charge in [0, 0.05) is 11.3 Å². The second-order valence-electron chi connectivity index (χ2n) is 2.76. The summed E-state index contributed by atoms with van der Waals surface area (Å²) >= 11 is 0. The zero-order valence-corrected chi connectivity index (χ0v) is 7.48. The van der Waals surface area contributed by atoms with Crippen LogP contribution in [0.4, 0.5) is 0 Å². The van der Waals surface area contributed by atoms with Crippen LogP contribution >= 0.6 is 0 Å². The van der Waals surface area contributed by atoms with Gasteiger partial charge in [-0.3, -0.25) is 4.79 Å². The molecule has 0 aromatic carbocycles. The van der Waals surface area contributed by atoms with Crippen LogP contribution < -0.4 is 5.56 Å². The van der Waals surface area contributed by atoms with Gasteiger partial charge in [0.1, 0.15) is 0 Å². The zero-order chi connectivity index (χ0) is 9.14. The average Bonchev–Trinajstić information content (AvgIpc) is 2.05. The molecule has 0 bridgehead atoms. The summed E-state index contributed by atoms with van der Waals surface area (Å²) in [5, 5.41) is 0. The van der Waals surface area contributed by atoms with E-state index in [1.807, 2.05) is 19.9 Å². The van der Waals surface area contributed by atoms with Gasteiger partial charge in [-0.05, 0) is 25.0 Å². The third-order valence-electron chi connectivity index (χ3n) is 1.96. The Hall–Kier alpha value is -1.31. The average molecular weight is 163 g/mol. The highest BCUT2D eigenvalue weighted by Crippen LogP contribution is 2.05. The molecule has 0 amide bonds. The molecule has 0 saturated carbocycles. The topological polar surface area (TPSA) is 32.9 Å². The molecule has 0 unspecified atom stereocenters. The first-order chi connectivity index (χ1) is 5.69. The third-order valence-corrected chi connectivity index (χ3v) is 1.96. The van der Waals surface area contributed by atoms with E-state index in [4.69, 9.17) is 0 Å². The summed E-state index contributed by atoms with van der Waals surface area (Å²) in [5.41, 5.74) is 2.72. The number of nitrogens with one attached hydrogen (secondary N) is 1. The summed E-state index contributed by atoms with van der Waals surface area (Å²) in [6, 6.07) is 1.89. The third kappa shape index (κ3) is 1.47. The summed E-state index contributed by atoms with van der Waals surface area (Å²) < 4.78 is 0. The van der Waals surface area contributed by atoms with Crippen molar-refractivity contribution in [3.63, 3.8) is 0 Å². The molecular weight excluding hydrogens is 150 g/mol. The molecule has 0 aliphatic heterocycles. The highest BCUT2D eigenvalue weighted by molar-refractivity contribution is 5.50. The van der Waals surface area contributed by atoms with E-state index in [9.17, 15) is 4.79 Å². The highest BCUT2D eigenvalue weighted by atomic mass is 16.1. The van der Waals surface area contributed by atoms with E-state index in [0.717, 1.165) is 23.2 Å². The van der Waals surface area contributed by atoms with Crippen molar-refractivity contribution >= 4 is 6.08 Å². The molecule has 0 radical (unpaired) electrons. The van der Waals surface area contributed by atoms with Gasteiger partial charge in [-0.2, -0.15) is 0 Å². The molecule has 0 aliphatic carbocycles. The molecule has 64 valence electrons. The van der Waals surface area contributed by atoms with Crippen molar-refractivity contribution in [3.05, 3.63) is 39.8 Å². The van der Waals surface area contributed by atoms with Crippen LogP contribution in [0, 0.1) is 6.92 Å². The Labute approximate surface area is 71.9 Å². The number of aryl methyl sites for hydroxylation is 2. The fraction of sp³-hybridized carbons (Fsp3) is 0.300. The molecule has 0 spiro atoms. The summed E-state index contributed by atoms with van der Waals surface area (Å²) in [6.07, 6.45) is 2.51. The molecule has 0 atom stereocenters. The number of pyridine rings is 1. The lowest BCUT2D eigenvalue weighted by molar-refractivity contribution is 1.03. The summed E-state index contributed by atoms with van der Waals surface area (Å²) in [6.45, 7) is 7.51. The Morgan fingerprint density at radius 2 is 2.33 bits per heavy atom. The second kappa shape index (κ2) is 3.39. The lowest BCUT2D eigenvalue weighted by Crippen LogP contribution is -2.13. The number of aromatic nitrogens is 1. The van der Waals surface area contributed by atoms with Gasteiger partial charge in [0.15, 0.2) is 0 Å². The Morgan fingerprint density at radius 3 is 2.83 bits per heavy atom. The molecule has 2 nitrogen and oxygen atoms in total. The van der Waals surface area contributed by atoms with Gasteiger partial charge in [-0.25, -0.2) is 0 Å². The van der Waals surface area contributed by atoms with Gasteiger partial charge in [-0.1, -0.05) is 19.6 Å². The van der Waals surface area contributed by atoms with Gasteiger partial charge in [0.2, 0.25) is 0 Å². The second-order valence-corrected chi connectivity index (χ2v) is 2.76. The smallest absolute Gasteiger partial charge is 0.251 e. The molecule has 0 fully saturated rings. The molecule has 1 aromatic rings. The van der Waals surface area contributed by atoms with Crippen LogP contribution in [0.25, 0.3) is 6.08 Å². The minimum absolute atomic E-state index is 0.0144. The monoisotopic (exact) mass is 163 g/mol. The number of hydrogen-bond donors (Lipinski definition) is 1. The normalized spacial score (nSPS) is 9.83. The van der Waals surface area contributed by atoms with Crippen molar-refractivity contribution in [3.8, 4) is 0 Å². The fourth-order valence-corrected chi connectivity index (χ4v) is 1.16. The van der Waals surface area contributed by atoms with E-state index < -0.39 is 0 Å². The Balaban J connectivity index is 3.37. The van der Waals surface area contributed by atoms with Crippen LogP contribution in [-0.2, 0) is 6.42 Å². The Morgan fingerprint density at radius 1 is 1.67 bits per heavy atom. The Bertz CT molecular complexity index is 349. The van der Waals surface area contributed by atoms with E-state index in [0.29, 0.717) is 0 Å². The molecule has 0 aliphatic rings. The maximum absolute atomic E-state index is 11.2. The van der Waals surface area contributed by atoms with E-state index in [2.05, 4.69) is 11.6 Å². The van der Waals surface area contributed by atoms with Crippen LogP contribution in [0.3, 0.4) is 0 Å². The van der Waals surface area contributed by atoms with E-state index in [1.54, 1.807) is 6.08 Å². The molecule has 2 heteroatoms. The summed E-state index contributed by atoms with van der Waals surface area (Å²) in [4.78, 5) is 14.0. The molecule has 0 saturated heterocycles. The van der Waals surface area contributed by atoms with Crippen molar-refractivity contribution in [2.75, 3.05) is 0 Å². The largest absolute Gasteiger partial charge is 0.326 e. The first-order valence-electron chi connectivity index (χ1n) is 4.04. The number of rotatable bonds is 2.